The van der Waals surface area contributed by atoms with Gasteiger partial charge in [-0.3, -0.25) is 0 Å². The van der Waals surface area contributed by atoms with Crippen molar-refractivity contribution in [1.82, 2.24) is 9.55 Å². The lowest BCUT2D eigenvalue weighted by atomic mass is 10.3. The molecule has 1 aromatic carbocycles. The van der Waals surface area contributed by atoms with Crippen LogP contribution in [0, 0.1) is 5.92 Å². The number of alkyl halides is 1. The van der Waals surface area contributed by atoms with Gasteiger partial charge in [-0.2, -0.15) is 0 Å². The zero-order valence-electron chi connectivity index (χ0n) is 9.50. The van der Waals surface area contributed by atoms with Crippen molar-refractivity contribution >= 4 is 34.2 Å². The molecule has 0 aliphatic heterocycles. The van der Waals surface area contributed by atoms with E-state index in [1.165, 1.54) is 12.8 Å². The van der Waals surface area contributed by atoms with E-state index in [0.717, 1.165) is 40.8 Å². The van der Waals surface area contributed by atoms with Crippen LogP contribution in [-0.4, -0.2) is 15.4 Å². The van der Waals surface area contributed by atoms with Crippen LogP contribution >= 0.6 is 23.2 Å². The summed E-state index contributed by atoms with van der Waals surface area (Å²) in [7, 11) is 0. The minimum Gasteiger partial charge on any atom is -0.328 e. The fourth-order valence-corrected chi connectivity index (χ4v) is 2.52. The fourth-order valence-electron chi connectivity index (χ4n) is 2.18. The maximum Gasteiger partial charge on any atom is 0.111 e. The highest BCUT2D eigenvalue weighted by Crippen LogP contribution is 2.33. The number of aromatic nitrogens is 2. The Bertz CT molecular complexity index is 544. The number of benzene rings is 1. The van der Waals surface area contributed by atoms with E-state index < -0.39 is 0 Å². The Kier molecular flexibility index (Phi) is 3.01. The van der Waals surface area contributed by atoms with E-state index in [2.05, 4.69) is 9.55 Å². The molecule has 4 heteroatoms. The lowest BCUT2D eigenvalue weighted by Crippen LogP contribution is -2.06. The maximum absolute atomic E-state index is 6.06. The Morgan fingerprint density at radius 2 is 2.18 bits per heavy atom. The maximum atomic E-state index is 6.06. The summed E-state index contributed by atoms with van der Waals surface area (Å²) in [5, 5.41) is 0.770. The molecular weight excluding hydrogens is 255 g/mol. The molecule has 1 aliphatic rings. The number of imidazole rings is 1. The van der Waals surface area contributed by atoms with Gasteiger partial charge in [0.25, 0.3) is 0 Å². The molecule has 1 aliphatic carbocycles. The monoisotopic (exact) mass is 268 g/mol. The van der Waals surface area contributed by atoms with Crippen LogP contribution < -0.4 is 0 Å². The molecule has 0 bridgehead atoms. The summed E-state index contributed by atoms with van der Waals surface area (Å²) in [4.78, 5) is 4.64. The Hall–Kier alpha value is -0.730. The van der Waals surface area contributed by atoms with Gasteiger partial charge >= 0.3 is 0 Å². The number of aryl methyl sites for hydroxylation is 1. The van der Waals surface area contributed by atoms with Crippen molar-refractivity contribution in [1.29, 1.82) is 0 Å². The highest BCUT2D eigenvalue weighted by Gasteiger charge is 2.24. The molecule has 0 amide bonds. The Morgan fingerprint density at radius 1 is 1.35 bits per heavy atom. The third kappa shape index (κ3) is 2.29. The van der Waals surface area contributed by atoms with E-state index in [9.17, 15) is 0 Å². The van der Waals surface area contributed by atoms with Crippen LogP contribution in [0.25, 0.3) is 11.0 Å². The minimum atomic E-state index is 0.613. The average Bonchev–Trinajstić information content (AvgIpc) is 3.06. The summed E-state index contributed by atoms with van der Waals surface area (Å²) in [6, 6.07) is 5.88. The summed E-state index contributed by atoms with van der Waals surface area (Å²) in [5.74, 6) is 2.52. The summed E-state index contributed by atoms with van der Waals surface area (Å²) >= 11 is 11.9. The van der Waals surface area contributed by atoms with Crippen LogP contribution in [0.5, 0.6) is 0 Å². The average molecular weight is 269 g/mol. The number of nitrogens with zero attached hydrogens (tertiary/aromatic N) is 2. The third-order valence-electron chi connectivity index (χ3n) is 3.25. The summed E-state index contributed by atoms with van der Waals surface area (Å²) in [6.45, 7) is 1.06. The first kappa shape index (κ1) is 11.4. The minimum absolute atomic E-state index is 0.613. The highest BCUT2D eigenvalue weighted by molar-refractivity contribution is 6.31. The molecule has 0 radical (unpaired) electrons. The van der Waals surface area contributed by atoms with Crippen molar-refractivity contribution in [3.63, 3.8) is 0 Å². The number of hydrogen-bond donors (Lipinski definition) is 0. The number of rotatable bonds is 4. The molecule has 3 rings (SSSR count). The van der Waals surface area contributed by atoms with Crippen LogP contribution in [0.15, 0.2) is 18.2 Å². The van der Waals surface area contributed by atoms with Crippen LogP contribution in [-0.2, 0) is 13.0 Å². The van der Waals surface area contributed by atoms with Gasteiger partial charge in [0.05, 0.1) is 11.0 Å². The lowest BCUT2D eigenvalue weighted by Gasteiger charge is -2.07. The van der Waals surface area contributed by atoms with E-state index >= 15 is 0 Å². The molecule has 1 heterocycles. The second-order valence-corrected chi connectivity index (χ2v) is 5.47. The molecule has 90 valence electrons. The van der Waals surface area contributed by atoms with Gasteiger partial charge in [-0.25, -0.2) is 4.98 Å². The van der Waals surface area contributed by atoms with Crippen LogP contribution in [0.2, 0.25) is 5.02 Å². The van der Waals surface area contributed by atoms with Crippen molar-refractivity contribution in [2.24, 2.45) is 5.92 Å². The van der Waals surface area contributed by atoms with Gasteiger partial charge in [0.15, 0.2) is 0 Å². The smallest absolute Gasteiger partial charge is 0.111 e. The normalized spacial score (nSPS) is 15.6. The molecular formula is C13H14Cl2N2. The van der Waals surface area contributed by atoms with Crippen LogP contribution in [0.4, 0.5) is 0 Å². The van der Waals surface area contributed by atoms with Gasteiger partial charge in [-0.15, -0.1) is 11.6 Å². The van der Waals surface area contributed by atoms with Crippen molar-refractivity contribution in [3.05, 3.63) is 29.0 Å². The lowest BCUT2D eigenvalue weighted by molar-refractivity contribution is 0.615. The highest BCUT2D eigenvalue weighted by atomic mass is 35.5. The van der Waals surface area contributed by atoms with Gasteiger partial charge in [-0.05, 0) is 37.0 Å². The van der Waals surface area contributed by atoms with Crippen LogP contribution in [0.3, 0.4) is 0 Å². The SMILES string of the molecule is ClCCc1nc2ccc(Cl)cc2n1CC1CC1. The summed E-state index contributed by atoms with van der Waals surface area (Å²) < 4.78 is 2.29. The molecule has 0 spiro atoms. The molecule has 1 aromatic heterocycles. The van der Waals surface area contributed by atoms with Gasteiger partial charge in [0.1, 0.15) is 5.82 Å². The van der Waals surface area contributed by atoms with Crippen molar-refractivity contribution in [2.45, 2.75) is 25.8 Å². The predicted molar refractivity (Wildman–Crippen MR) is 71.9 cm³/mol. The van der Waals surface area contributed by atoms with Crippen molar-refractivity contribution < 1.29 is 0 Å². The Morgan fingerprint density at radius 3 is 2.88 bits per heavy atom. The summed E-state index contributed by atoms with van der Waals surface area (Å²) in [5.41, 5.74) is 2.17. The Balaban J connectivity index is 2.09. The molecule has 1 saturated carbocycles. The van der Waals surface area contributed by atoms with Crippen LogP contribution in [0.1, 0.15) is 18.7 Å². The van der Waals surface area contributed by atoms with E-state index in [1.807, 2.05) is 18.2 Å². The van der Waals surface area contributed by atoms with Gasteiger partial charge in [0, 0.05) is 23.9 Å². The molecule has 2 nitrogen and oxygen atoms in total. The zero-order chi connectivity index (χ0) is 11.8. The second-order valence-electron chi connectivity index (χ2n) is 4.65. The topological polar surface area (TPSA) is 17.8 Å². The van der Waals surface area contributed by atoms with Gasteiger partial charge in [0.2, 0.25) is 0 Å². The first-order chi connectivity index (χ1) is 8.28. The number of halogens is 2. The van der Waals surface area contributed by atoms with Crippen molar-refractivity contribution in [2.75, 3.05) is 5.88 Å². The molecule has 2 aromatic rings. The molecule has 17 heavy (non-hydrogen) atoms. The van der Waals surface area contributed by atoms with E-state index in [4.69, 9.17) is 23.2 Å². The molecule has 1 fully saturated rings. The largest absolute Gasteiger partial charge is 0.328 e. The van der Waals surface area contributed by atoms with E-state index in [0.29, 0.717) is 5.88 Å². The zero-order valence-corrected chi connectivity index (χ0v) is 11.0. The molecule has 0 unspecified atom stereocenters. The van der Waals surface area contributed by atoms with Gasteiger partial charge in [-0.1, -0.05) is 11.6 Å². The Labute approximate surface area is 111 Å². The quantitative estimate of drug-likeness (QED) is 0.770. The number of hydrogen-bond acceptors (Lipinski definition) is 1. The molecule has 0 atom stereocenters. The first-order valence-corrected chi connectivity index (χ1v) is 6.90. The third-order valence-corrected chi connectivity index (χ3v) is 3.67. The van der Waals surface area contributed by atoms with E-state index in [1.54, 1.807) is 0 Å². The molecule has 0 saturated heterocycles. The second kappa shape index (κ2) is 4.51. The standard InChI is InChI=1S/C13H14Cl2N2/c14-6-5-13-16-11-4-3-10(15)7-12(11)17(13)8-9-1-2-9/h3-4,7,9H,1-2,5-6,8H2. The number of fused-ring (bicyclic) bond motifs is 1. The van der Waals surface area contributed by atoms with Crippen molar-refractivity contribution in [3.8, 4) is 0 Å². The molecule has 0 N–H and O–H groups in total. The van der Waals surface area contributed by atoms with E-state index in [-0.39, 0.29) is 0 Å². The van der Waals surface area contributed by atoms with Gasteiger partial charge < -0.3 is 4.57 Å². The predicted octanol–water partition coefficient (Wildman–Crippen LogP) is 3.88. The fraction of sp³-hybridized carbons (Fsp3) is 0.462. The summed E-state index contributed by atoms with van der Waals surface area (Å²) in [6.07, 6.45) is 3.49. The first-order valence-electron chi connectivity index (χ1n) is 5.98.